The summed E-state index contributed by atoms with van der Waals surface area (Å²) >= 11 is 0. The van der Waals surface area contributed by atoms with E-state index in [1.165, 1.54) is 5.56 Å². The molecule has 0 aromatic heterocycles. The van der Waals surface area contributed by atoms with E-state index in [4.69, 9.17) is 9.94 Å². The molecule has 0 radical (unpaired) electrons. The average molecular weight is 179 g/mol. The lowest BCUT2D eigenvalue weighted by Crippen LogP contribution is -2.06. The van der Waals surface area contributed by atoms with Gasteiger partial charge in [-0.1, -0.05) is 12.1 Å². The Bertz CT molecular complexity index is 312. The summed E-state index contributed by atoms with van der Waals surface area (Å²) in [5.74, 6) is 0.981. The van der Waals surface area contributed by atoms with Crippen LogP contribution in [-0.2, 0) is 13.0 Å². The highest BCUT2D eigenvalue weighted by Gasteiger charge is 2.18. The fraction of sp³-hybridized carbons (Fsp3) is 0.400. The van der Waals surface area contributed by atoms with E-state index in [0.717, 1.165) is 17.7 Å². The van der Waals surface area contributed by atoms with E-state index in [-0.39, 0.29) is 6.10 Å². The van der Waals surface area contributed by atoms with Crippen LogP contribution in [0.5, 0.6) is 5.75 Å². The van der Waals surface area contributed by atoms with Gasteiger partial charge >= 0.3 is 0 Å². The van der Waals surface area contributed by atoms with Gasteiger partial charge in [0.2, 0.25) is 0 Å². The summed E-state index contributed by atoms with van der Waals surface area (Å²) in [6.07, 6.45) is 1.25. The number of nitrogens with one attached hydrogen (secondary N) is 1. The summed E-state index contributed by atoms with van der Waals surface area (Å²) in [6, 6.07) is 5.99. The molecule has 1 heterocycles. The van der Waals surface area contributed by atoms with Crippen molar-refractivity contribution in [1.29, 1.82) is 0 Å². The molecule has 0 spiro atoms. The van der Waals surface area contributed by atoms with Gasteiger partial charge in [-0.15, -0.1) is 0 Å². The van der Waals surface area contributed by atoms with Crippen LogP contribution in [0.25, 0.3) is 0 Å². The number of fused-ring (bicyclic) bond motifs is 1. The smallest absolute Gasteiger partial charge is 0.123 e. The standard InChI is InChI=1S/C10H13NO2/c1-7-4-9-5-8(6-11-12)2-3-10(9)13-7/h2-3,5,7,11-12H,4,6H2,1H3. The van der Waals surface area contributed by atoms with Gasteiger partial charge in [0.25, 0.3) is 0 Å². The molecule has 0 saturated heterocycles. The van der Waals surface area contributed by atoms with E-state index in [1.807, 2.05) is 12.1 Å². The summed E-state index contributed by atoms with van der Waals surface area (Å²) in [5, 5.41) is 8.54. The van der Waals surface area contributed by atoms with E-state index in [0.29, 0.717) is 6.54 Å². The Labute approximate surface area is 77.3 Å². The fourth-order valence-corrected chi connectivity index (χ4v) is 1.68. The maximum absolute atomic E-state index is 8.54. The van der Waals surface area contributed by atoms with Crippen LogP contribution in [0.4, 0.5) is 0 Å². The van der Waals surface area contributed by atoms with Crippen LogP contribution in [0.15, 0.2) is 18.2 Å². The predicted molar refractivity (Wildman–Crippen MR) is 48.9 cm³/mol. The third-order valence-corrected chi connectivity index (χ3v) is 2.24. The molecule has 1 aromatic carbocycles. The average Bonchev–Trinajstić information content (AvgIpc) is 2.44. The molecule has 0 bridgehead atoms. The van der Waals surface area contributed by atoms with E-state index < -0.39 is 0 Å². The lowest BCUT2D eigenvalue weighted by atomic mass is 10.1. The second-order valence-corrected chi connectivity index (χ2v) is 3.41. The molecule has 2 N–H and O–H groups in total. The van der Waals surface area contributed by atoms with Gasteiger partial charge in [-0.2, -0.15) is 0 Å². The topological polar surface area (TPSA) is 41.5 Å². The third-order valence-electron chi connectivity index (χ3n) is 2.24. The van der Waals surface area contributed by atoms with Crippen molar-refractivity contribution in [3.8, 4) is 5.75 Å². The van der Waals surface area contributed by atoms with Crippen LogP contribution in [-0.4, -0.2) is 11.3 Å². The zero-order valence-electron chi connectivity index (χ0n) is 7.58. The Morgan fingerprint density at radius 2 is 2.46 bits per heavy atom. The first-order chi connectivity index (χ1) is 6.29. The fourth-order valence-electron chi connectivity index (χ4n) is 1.68. The van der Waals surface area contributed by atoms with Gasteiger partial charge in [-0.3, -0.25) is 0 Å². The summed E-state index contributed by atoms with van der Waals surface area (Å²) in [6.45, 7) is 2.55. The van der Waals surface area contributed by atoms with E-state index in [2.05, 4.69) is 18.5 Å². The number of hydroxylamine groups is 1. The van der Waals surface area contributed by atoms with Crippen LogP contribution in [0.2, 0.25) is 0 Å². The monoisotopic (exact) mass is 179 g/mol. The molecule has 13 heavy (non-hydrogen) atoms. The van der Waals surface area contributed by atoms with Crippen molar-refractivity contribution < 1.29 is 9.94 Å². The van der Waals surface area contributed by atoms with Crippen molar-refractivity contribution in [3.63, 3.8) is 0 Å². The van der Waals surface area contributed by atoms with Crippen molar-refractivity contribution in [1.82, 2.24) is 5.48 Å². The minimum absolute atomic E-state index is 0.285. The zero-order valence-corrected chi connectivity index (χ0v) is 7.58. The first-order valence-corrected chi connectivity index (χ1v) is 4.45. The molecular weight excluding hydrogens is 166 g/mol. The van der Waals surface area contributed by atoms with Crippen LogP contribution < -0.4 is 10.2 Å². The maximum Gasteiger partial charge on any atom is 0.123 e. The van der Waals surface area contributed by atoms with Gasteiger partial charge < -0.3 is 9.94 Å². The zero-order chi connectivity index (χ0) is 9.26. The van der Waals surface area contributed by atoms with Crippen LogP contribution >= 0.6 is 0 Å². The highest BCUT2D eigenvalue weighted by molar-refractivity contribution is 5.40. The van der Waals surface area contributed by atoms with Gasteiger partial charge in [0.15, 0.2) is 0 Å². The first-order valence-electron chi connectivity index (χ1n) is 4.45. The first kappa shape index (κ1) is 8.53. The van der Waals surface area contributed by atoms with Crippen molar-refractivity contribution in [2.45, 2.75) is 26.0 Å². The lowest BCUT2D eigenvalue weighted by molar-refractivity contribution is 0.161. The van der Waals surface area contributed by atoms with Gasteiger partial charge in [-0.05, 0) is 24.1 Å². The van der Waals surface area contributed by atoms with Crippen molar-refractivity contribution >= 4 is 0 Å². The number of ether oxygens (including phenoxy) is 1. The summed E-state index contributed by atoms with van der Waals surface area (Å²) in [5.41, 5.74) is 4.46. The van der Waals surface area contributed by atoms with Crippen LogP contribution in [0.1, 0.15) is 18.1 Å². The second-order valence-electron chi connectivity index (χ2n) is 3.41. The highest BCUT2D eigenvalue weighted by atomic mass is 16.5. The Hall–Kier alpha value is -1.06. The molecule has 1 aliphatic heterocycles. The van der Waals surface area contributed by atoms with Gasteiger partial charge in [-0.25, -0.2) is 5.48 Å². The van der Waals surface area contributed by atoms with Gasteiger partial charge in [0, 0.05) is 13.0 Å². The molecule has 3 heteroatoms. The third kappa shape index (κ3) is 1.66. The largest absolute Gasteiger partial charge is 0.490 e. The molecule has 1 aliphatic rings. The maximum atomic E-state index is 8.54. The van der Waals surface area contributed by atoms with Gasteiger partial charge in [0.1, 0.15) is 11.9 Å². The summed E-state index contributed by atoms with van der Waals surface area (Å²) in [7, 11) is 0. The molecule has 1 aromatic rings. The lowest BCUT2D eigenvalue weighted by Gasteiger charge is -2.03. The van der Waals surface area contributed by atoms with Crippen molar-refractivity contribution in [2.24, 2.45) is 0 Å². The molecule has 70 valence electrons. The molecule has 0 aliphatic carbocycles. The highest BCUT2D eigenvalue weighted by Crippen LogP contribution is 2.29. The minimum Gasteiger partial charge on any atom is -0.490 e. The number of hydrogen-bond acceptors (Lipinski definition) is 3. The molecule has 2 rings (SSSR count). The summed E-state index contributed by atoms with van der Waals surface area (Å²) < 4.78 is 5.56. The van der Waals surface area contributed by atoms with E-state index in [9.17, 15) is 0 Å². The molecular formula is C10H13NO2. The quantitative estimate of drug-likeness (QED) is 0.676. The molecule has 0 amide bonds. The Morgan fingerprint density at radius 1 is 1.62 bits per heavy atom. The van der Waals surface area contributed by atoms with Crippen molar-refractivity contribution in [2.75, 3.05) is 0 Å². The Morgan fingerprint density at radius 3 is 3.23 bits per heavy atom. The Balaban J connectivity index is 2.24. The molecule has 0 fully saturated rings. The summed E-state index contributed by atoms with van der Waals surface area (Å²) in [4.78, 5) is 0. The second kappa shape index (κ2) is 3.36. The normalized spacial score (nSPS) is 19.7. The number of benzene rings is 1. The number of rotatable bonds is 2. The van der Waals surface area contributed by atoms with Gasteiger partial charge in [0.05, 0.1) is 0 Å². The van der Waals surface area contributed by atoms with Crippen LogP contribution in [0, 0.1) is 0 Å². The molecule has 3 nitrogen and oxygen atoms in total. The number of hydrogen-bond donors (Lipinski definition) is 2. The van der Waals surface area contributed by atoms with E-state index >= 15 is 0 Å². The van der Waals surface area contributed by atoms with Crippen molar-refractivity contribution in [3.05, 3.63) is 29.3 Å². The SMILES string of the molecule is CC1Cc2cc(CNO)ccc2O1. The predicted octanol–water partition coefficient (Wildman–Crippen LogP) is 1.49. The van der Waals surface area contributed by atoms with E-state index in [1.54, 1.807) is 0 Å². The minimum atomic E-state index is 0.285. The molecule has 0 saturated carbocycles. The van der Waals surface area contributed by atoms with Crippen LogP contribution in [0.3, 0.4) is 0 Å². The molecule has 1 unspecified atom stereocenters. The Kier molecular flexibility index (Phi) is 2.20. The molecule has 1 atom stereocenters.